The van der Waals surface area contributed by atoms with Gasteiger partial charge in [0.15, 0.2) is 11.5 Å². The Morgan fingerprint density at radius 3 is 2.81 bits per heavy atom. The average molecular weight is 437 g/mol. The first-order valence-corrected chi connectivity index (χ1v) is 10.6. The van der Waals surface area contributed by atoms with E-state index in [-0.39, 0.29) is 11.9 Å². The van der Waals surface area contributed by atoms with Gasteiger partial charge in [0.2, 0.25) is 11.9 Å². The van der Waals surface area contributed by atoms with Crippen molar-refractivity contribution < 1.29 is 9.53 Å². The van der Waals surface area contributed by atoms with Gasteiger partial charge in [-0.15, -0.1) is 5.10 Å². The molecule has 1 amide bonds. The number of nitrogens with zero attached hydrogens (tertiary/aromatic N) is 4. The van der Waals surface area contributed by atoms with Gasteiger partial charge in [-0.25, -0.2) is 9.97 Å². The lowest BCUT2D eigenvalue weighted by Crippen LogP contribution is -2.38. The summed E-state index contributed by atoms with van der Waals surface area (Å²) < 4.78 is 6.87. The van der Waals surface area contributed by atoms with Crippen LogP contribution in [0.5, 0.6) is 5.75 Å². The zero-order chi connectivity index (χ0) is 21.4. The molecule has 5 rings (SSSR count). The molecule has 3 heterocycles. The average Bonchev–Trinajstić information content (AvgIpc) is 3.13. The van der Waals surface area contributed by atoms with E-state index in [1.807, 2.05) is 36.4 Å². The largest absolute Gasteiger partial charge is 0.497 e. The number of nitrogens with one attached hydrogen (secondary N) is 2. The molecule has 2 aromatic carbocycles. The number of amides is 1. The number of rotatable bonds is 4. The molecule has 0 bridgehead atoms. The topological polar surface area (TPSA) is 93.4 Å². The quantitative estimate of drug-likeness (QED) is 0.506. The summed E-state index contributed by atoms with van der Waals surface area (Å²) in [6.07, 6.45) is 2.64. The summed E-state index contributed by atoms with van der Waals surface area (Å²) in [6, 6.07) is 12.7. The zero-order valence-corrected chi connectivity index (χ0v) is 17.7. The molecule has 0 radical (unpaired) electrons. The number of aromatic nitrogens is 4. The van der Waals surface area contributed by atoms with E-state index >= 15 is 0 Å². The Morgan fingerprint density at radius 1 is 1.16 bits per heavy atom. The predicted octanol–water partition coefficient (Wildman–Crippen LogP) is 3.69. The van der Waals surface area contributed by atoms with Crippen LogP contribution in [0, 0.1) is 0 Å². The summed E-state index contributed by atoms with van der Waals surface area (Å²) in [6.45, 7) is 0.693. The normalized spacial score (nSPS) is 16.8. The van der Waals surface area contributed by atoms with Crippen LogP contribution in [-0.2, 0) is 4.79 Å². The van der Waals surface area contributed by atoms with Crippen molar-refractivity contribution in [1.29, 1.82) is 0 Å². The minimum absolute atomic E-state index is 0.0332. The number of hydrogen-bond acceptors (Lipinski definition) is 6. The molecule has 1 aliphatic heterocycles. The van der Waals surface area contributed by atoms with Crippen molar-refractivity contribution >= 4 is 40.0 Å². The van der Waals surface area contributed by atoms with Crippen LogP contribution in [0.4, 0.5) is 5.95 Å². The van der Waals surface area contributed by atoms with Crippen LogP contribution in [-0.4, -0.2) is 45.2 Å². The predicted molar refractivity (Wildman–Crippen MR) is 120 cm³/mol. The summed E-state index contributed by atoms with van der Waals surface area (Å²) in [7, 11) is 1.62. The van der Waals surface area contributed by atoms with Crippen LogP contribution in [0.15, 0.2) is 42.5 Å². The second kappa shape index (κ2) is 8.03. The molecule has 2 N–H and O–H groups in total. The fourth-order valence-electron chi connectivity index (χ4n) is 3.80. The highest BCUT2D eigenvalue weighted by atomic mass is 35.5. The van der Waals surface area contributed by atoms with Gasteiger partial charge < -0.3 is 15.4 Å². The van der Waals surface area contributed by atoms with Gasteiger partial charge in [-0.1, -0.05) is 17.7 Å². The van der Waals surface area contributed by atoms with Crippen molar-refractivity contribution in [2.24, 2.45) is 0 Å². The number of halogens is 1. The van der Waals surface area contributed by atoms with E-state index in [1.165, 1.54) is 0 Å². The molecule has 2 aromatic heterocycles. The molecule has 31 heavy (non-hydrogen) atoms. The number of anilines is 1. The molecule has 0 spiro atoms. The van der Waals surface area contributed by atoms with E-state index in [0.717, 1.165) is 30.6 Å². The van der Waals surface area contributed by atoms with Gasteiger partial charge in [0.1, 0.15) is 11.8 Å². The third kappa shape index (κ3) is 3.63. The first-order chi connectivity index (χ1) is 15.1. The van der Waals surface area contributed by atoms with Gasteiger partial charge in [-0.05, 0) is 55.7 Å². The van der Waals surface area contributed by atoms with E-state index in [2.05, 4.69) is 10.6 Å². The highest BCUT2D eigenvalue weighted by molar-refractivity contribution is 6.36. The number of ether oxygens (including phenoxy) is 1. The Bertz CT molecular complexity index is 1270. The van der Waals surface area contributed by atoms with Crippen molar-refractivity contribution in [2.75, 3.05) is 19.0 Å². The summed E-state index contributed by atoms with van der Waals surface area (Å²) in [4.78, 5) is 22.0. The van der Waals surface area contributed by atoms with Crippen LogP contribution in [0.1, 0.15) is 19.3 Å². The monoisotopic (exact) mass is 436 g/mol. The highest BCUT2D eigenvalue weighted by Crippen LogP contribution is 2.30. The lowest BCUT2D eigenvalue weighted by molar-refractivity contribution is -0.121. The van der Waals surface area contributed by atoms with Gasteiger partial charge in [0, 0.05) is 12.1 Å². The molecular weight excluding hydrogens is 416 g/mol. The van der Waals surface area contributed by atoms with Crippen LogP contribution in [0.2, 0.25) is 5.02 Å². The second-order valence-electron chi connectivity index (χ2n) is 7.45. The maximum atomic E-state index is 12.5. The maximum absolute atomic E-state index is 12.5. The molecule has 158 valence electrons. The maximum Gasteiger partial charge on any atom is 0.242 e. The standard InChI is InChI=1S/C22H21ClN6O2/c1-31-14-10-8-13(9-11-14)19-27-20-18-15(23)5-4-7-16(18)25-22(29(20)28-19)26-17-6-2-3-12-24-21(17)30/h4-5,7-11,17H,2-3,6,12H2,1H3,(H,24,30)(H,25,26)/t17-/m1/s1. The molecule has 1 atom stereocenters. The van der Waals surface area contributed by atoms with E-state index in [4.69, 9.17) is 31.4 Å². The molecule has 0 unspecified atom stereocenters. The Hall–Kier alpha value is -3.39. The summed E-state index contributed by atoms with van der Waals surface area (Å²) in [5.74, 6) is 1.71. The van der Waals surface area contributed by atoms with Crippen LogP contribution >= 0.6 is 11.6 Å². The van der Waals surface area contributed by atoms with Gasteiger partial charge in [-0.2, -0.15) is 4.52 Å². The molecule has 1 fully saturated rings. The van der Waals surface area contributed by atoms with Gasteiger partial charge in [0.25, 0.3) is 0 Å². The molecular formula is C22H21ClN6O2. The molecule has 8 nitrogen and oxygen atoms in total. The van der Waals surface area contributed by atoms with Gasteiger partial charge in [-0.3, -0.25) is 4.79 Å². The van der Waals surface area contributed by atoms with Crippen molar-refractivity contribution in [3.05, 3.63) is 47.5 Å². The van der Waals surface area contributed by atoms with Crippen molar-refractivity contribution in [1.82, 2.24) is 24.9 Å². The third-order valence-electron chi connectivity index (χ3n) is 5.44. The zero-order valence-electron chi connectivity index (χ0n) is 16.9. The van der Waals surface area contributed by atoms with E-state index in [1.54, 1.807) is 17.7 Å². The Kier molecular flexibility index (Phi) is 5.07. The number of benzene rings is 2. The Morgan fingerprint density at radius 2 is 2.00 bits per heavy atom. The number of carbonyl (C=O) groups excluding carboxylic acids is 1. The highest BCUT2D eigenvalue weighted by Gasteiger charge is 2.24. The van der Waals surface area contributed by atoms with Crippen LogP contribution in [0.25, 0.3) is 27.9 Å². The number of fused-ring (bicyclic) bond motifs is 3. The van der Waals surface area contributed by atoms with Gasteiger partial charge in [0.05, 0.1) is 23.0 Å². The van der Waals surface area contributed by atoms with Crippen molar-refractivity contribution in [2.45, 2.75) is 25.3 Å². The van der Waals surface area contributed by atoms with Crippen molar-refractivity contribution in [3.63, 3.8) is 0 Å². The Labute approximate surface area is 183 Å². The third-order valence-corrected chi connectivity index (χ3v) is 5.75. The molecule has 9 heteroatoms. The molecule has 0 aliphatic carbocycles. The SMILES string of the molecule is COc1ccc(-c2nc3c4c(Cl)cccc4nc(N[C@@H]4CCCCNC4=O)n3n2)cc1. The fourth-order valence-corrected chi connectivity index (χ4v) is 4.05. The number of carbonyl (C=O) groups is 1. The molecule has 0 saturated carbocycles. The summed E-state index contributed by atoms with van der Waals surface area (Å²) >= 11 is 6.50. The lowest BCUT2D eigenvalue weighted by Gasteiger charge is -2.16. The summed E-state index contributed by atoms with van der Waals surface area (Å²) in [5, 5.41) is 12.2. The number of hydrogen-bond donors (Lipinski definition) is 2. The van der Waals surface area contributed by atoms with E-state index in [0.29, 0.717) is 39.9 Å². The minimum atomic E-state index is -0.386. The van der Waals surface area contributed by atoms with Crippen LogP contribution in [0.3, 0.4) is 0 Å². The summed E-state index contributed by atoms with van der Waals surface area (Å²) in [5.41, 5.74) is 2.10. The fraction of sp³-hybridized carbons (Fsp3) is 0.273. The van der Waals surface area contributed by atoms with E-state index in [9.17, 15) is 4.79 Å². The first-order valence-electron chi connectivity index (χ1n) is 10.2. The number of methoxy groups -OCH3 is 1. The molecule has 1 saturated heterocycles. The van der Waals surface area contributed by atoms with Crippen LogP contribution < -0.4 is 15.4 Å². The minimum Gasteiger partial charge on any atom is -0.497 e. The molecule has 4 aromatic rings. The first kappa shape index (κ1) is 19.6. The van der Waals surface area contributed by atoms with E-state index < -0.39 is 0 Å². The molecule has 1 aliphatic rings. The Balaban J connectivity index is 1.66. The lowest BCUT2D eigenvalue weighted by atomic mass is 10.1. The van der Waals surface area contributed by atoms with Crippen molar-refractivity contribution in [3.8, 4) is 17.1 Å². The second-order valence-corrected chi connectivity index (χ2v) is 7.86. The van der Waals surface area contributed by atoms with Gasteiger partial charge >= 0.3 is 0 Å². The smallest absolute Gasteiger partial charge is 0.242 e.